The molecule has 0 aromatic heterocycles. The molecule has 0 saturated carbocycles. The molecule has 1 aliphatic rings. The smallest absolute Gasteiger partial charge is 0.311 e. The fourth-order valence-electron chi connectivity index (χ4n) is 3.63. The number of Topliss-reactive ketones (excluding diaryl/α,β-unsaturated/α-hetero) is 1. The van der Waals surface area contributed by atoms with E-state index in [0.717, 1.165) is 5.56 Å². The highest BCUT2D eigenvalue weighted by atomic mass is 35.5. The maximum Gasteiger partial charge on any atom is 0.311 e. The molecule has 0 unspecified atom stereocenters. The van der Waals surface area contributed by atoms with Crippen LogP contribution in [0.2, 0.25) is 10.0 Å². The fraction of sp³-hybridized carbons (Fsp3) is 0.192. The topological polar surface area (TPSA) is 72.9 Å². The first-order chi connectivity index (χ1) is 16.4. The van der Waals surface area contributed by atoms with Crippen LogP contribution >= 0.6 is 23.2 Å². The molecule has 0 radical (unpaired) electrons. The standard InChI is InChI=1S/C26H21Cl2NO5/c27-19-6-11-22(23(28)13-19)24(30)16-34-26(32)18-12-25(31)29(14-18)20-7-9-21(10-8-20)33-15-17-4-2-1-3-5-17/h1-11,13,18H,12,14-16H2/t18-/m1/s1. The van der Waals surface area contributed by atoms with Crippen LogP contribution in [0.15, 0.2) is 72.8 Å². The molecular weight excluding hydrogens is 477 g/mol. The zero-order chi connectivity index (χ0) is 24.1. The summed E-state index contributed by atoms with van der Waals surface area (Å²) in [6.45, 7) is 0.160. The number of nitrogens with zero attached hydrogens (tertiary/aromatic N) is 1. The average molecular weight is 498 g/mol. The van der Waals surface area contributed by atoms with E-state index in [2.05, 4.69) is 0 Å². The summed E-state index contributed by atoms with van der Waals surface area (Å²) in [7, 11) is 0. The number of anilines is 1. The summed E-state index contributed by atoms with van der Waals surface area (Å²) >= 11 is 11.9. The molecule has 8 heteroatoms. The van der Waals surface area contributed by atoms with E-state index in [0.29, 0.717) is 23.1 Å². The number of carbonyl (C=O) groups excluding carboxylic acids is 3. The van der Waals surface area contributed by atoms with Gasteiger partial charge in [0.15, 0.2) is 6.61 Å². The third-order valence-corrected chi connectivity index (χ3v) is 5.98. The van der Waals surface area contributed by atoms with Crippen LogP contribution in [0.4, 0.5) is 5.69 Å². The Hall–Kier alpha value is -3.35. The lowest BCUT2D eigenvalue weighted by atomic mass is 10.1. The van der Waals surface area contributed by atoms with Crippen LogP contribution in [0, 0.1) is 5.92 Å². The van der Waals surface area contributed by atoms with Crippen LogP contribution in [0.5, 0.6) is 5.75 Å². The first-order valence-electron chi connectivity index (χ1n) is 10.6. The summed E-state index contributed by atoms with van der Waals surface area (Å²) in [5.41, 5.74) is 1.94. The summed E-state index contributed by atoms with van der Waals surface area (Å²) in [4.78, 5) is 38.9. The second-order valence-corrected chi connectivity index (χ2v) is 8.67. The molecule has 0 bridgehead atoms. The van der Waals surface area contributed by atoms with Gasteiger partial charge in [-0.2, -0.15) is 0 Å². The van der Waals surface area contributed by atoms with Gasteiger partial charge in [0.05, 0.1) is 10.9 Å². The van der Waals surface area contributed by atoms with Crippen molar-refractivity contribution in [1.29, 1.82) is 0 Å². The summed E-state index contributed by atoms with van der Waals surface area (Å²) < 4.78 is 10.9. The van der Waals surface area contributed by atoms with E-state index in [1.165, 1.54) is 23.1 Å². The van der Waals surface area contributed by atoms with Crippen molar-refractivity contribution in [1.82, 2.24) is 0 Å². The molecule has 174 valence electrons. The Morgan fingerprint density at radius 2 is 1.71 bits per heavy atom. The van der Waals surface area contributed by atoms with Gasteiger partial charge < -0.3 is 14.4 Å². The van der Waals surface area contributed by atoms with Crippen molar-refractivity contribution < 1.29 is 23.9 Å². The zero-order valence-corrected chi connectivity index (χ0v) is 19.6. The lowest BCUT2D eigenvalue weighted by molar-refractivity contribution is -0.147. The molecule has 1 amide bonds. The Labute approximate surface area is 207 Å². The van der Waals surface area contributed by atoms with Crippen molar-refractivity contribution in [2.24, 2.45) is 5.92 Å². The maximum absolute atomic E-state index is 12.5. The molecule has 6 nitrogen and oxygen atoms in total. The fourth-order valence-corrected chi connectivity index (χ4v) is 4.14. The Bertz CT molecular complexity index is 1200. The lowest BCUT2D eigenvalue weighted by Gasteiger charge is -2.17. The van der Waals surface area contributed by atoms with Crippen LogP contribution in [0.3, 0.4) is 0 Å². The highest BCUT2D eigenvalue weighted by Gasteiger charge is 2.36. The lowest BCUT2D eigenvalue weighted by Crippen LogP contribution is -2.27. The van der Waals surface area contributed by atoms with E-state index in [1.54, 1.807) is 24.3 Å². The van der Waals surface area contributed by atoms with Gasteiger partial charge >= 0.3 is 5.97 Å². The van der Waals surface area contributed by atoms with E-state index in [1.807, 2.05) is 30.3 Å². The van der Waals surface area contributed by atoms with Gasteiger partial charge in [0, 0.05) is 29.2 Å². The monoisotopic (exact) mass is 497 g/mol. The summed E-state index contributed by atoms with van der Waals surface area (Å²) in [6.07, 6.45) is 0.0149. The van der Waals surface area contributed by atoms with E-state index in [-0.39, 0.29) is 29.5 Å². The van der Waals surface area contributed by atoms with Gasteiger partial charge in [-0.25, -0.2) is 0 Å². The Balaban J connectivity index is 1.30. The highest BCUT2D eigenvalue weighted by molar-refractivity contribution is 6.36. The van der Waals surface area contributed by atoms with E-state index in [9.17, 15) is 14.4 Å². The van der Waals surface area contributed by atoms with Crippen molar-refractivity contribution in [3.05, 3.63) is 94.0 Å². The number of carbonyl (C=O) groups is 3. The van der Waals surface area contributed by atoms with Crippen LogP contribution in [0.1, 0.15) is 22.3 Å². The molecule has 3 aromatic carbocycles. The summed E-state index contributed by atoms with van der Waals surface area (Å²) in [5, 5.41) is 0.589. The zero-order valence-electron chi connectivity index (χ0n) is 18.1. The number of hydrogen-bond acceptors (Lipinski definition) is 5. The number of rotatable bonds is 8. The van der Waals surface area contributed by atoms with Crippen LogP contribution in [0.25, 0.3) is 0 Å². The average Bonchev–Trinajstić information content (AvgIpc) is 3.23. The molecule has 3 aromatic rings. The molecule has 1 heterocycles. The minimum absolute atomic E-state index is 0.0149. The Morgan fingerprint density at radius 1 is 0.971 bits per heavy atom. The number of esters is 1. The quantitative estimate of drug-likeness (QED) is 0.309. The van der Waals surface area contributed by atoms with Crippen molar-refractivity contribution in [3.63, 3.8) is 0 Å². The third kappa shape index (κ3) is 5.76. The molecule has 4 rings (SSSR count). The van der Waals surface area contributed by atoms with Crippen LogP contribution in [-0.4, -0.2) is 30.8 Å². The second-order valence-electron chi connectivity index (χ2n) is 7.83. The van der Waals surface area contributed by atoms with Crippen molar-refractivity contribution in [2.75, 3.05) is 18.1 Å². The molecule has 1 saturated heterocycles. The molecule has 0 aliphatic carbocycles. The van der Waals surface area contributed by atoms with Gasteiger partial charge in [0.25, 0.3) is 0 Å². The molecule has 1 fully saturated rings. The molecular formula is C26H21Cl2NO5. The number of amides is 1. The predicted molar refractivity (Wildman–Crippen MR) is 129 cm³/mol. The first kappa shape index (κ1) is 23.8. The number of benzene rings is 3. The van der Waals surface area contributed by atoms with Crippen molar-refractivity contribution >= 4 is 46.5 Å². The van der Waals surface area contributed by atoms with Crippen molar-refractivity contribution in [2.45, 2.75) is 13.0 Å². The highest BCUT2D eigenvalue weighted by Crippen LogP contribution is 2.28. The number of halogens is 2. The Morgan fingerprint density at radius 3 is 2.41 bits per heavy atom. The number of ketones is 1. The predicted octanol–water partition coefficient (Wildman–Crippen LogP) is 5.35. The van der Waals surface area contributed by atoms with Gasteiger partial charge in [0.1, 0.15) is 12.4 Å². The normalized spacial score (nSPS) is 15.3. The van der Waals surface area contributed by atoms with Crippen LogP contribution < -0.4 is 9.64 Å². The SMILES string of the molecule is O=C(COC(=O)[C@@H]1CC(=O)N(c2ccc(OCc3ccccc3)cc2)C1)c1ccc(Cl)cc1Cl. The minimum Gasteiger partial charge on any atom is -0.489 e. The molecule has 34 heavy (non-hydrogen) atoms. The van der Waals surface area contributed by atoms with Gasteiger partial charge in [0.2, 0.25) is 11.7 Å². The van der Waals surface area contributed by atoms with E-state index in [4.69, 9.17) is 32.7 Å². The van der Waals surface area contributed by atoms with Gasteiger partial charge in [-0.05, 0) is 48.0 Å². The summed E-state index contributed by atoms with van der Waals surface area (Å²) in [6, 6.07) is 21.4. The molecule has 1 atom stereocenters. The summed E-state index contributed by atoms with van der Waals surface area (Å²) in [5.74, 6) is -1.21. The van der Waals surface area contributed by atoms with Crippen LogP contribution in [-0.2, 0) is 20.9 Å². The van der Waals surface area contributed by atoms with Crippen molar-refractivity contribution in [3.8, 4) is 5.75 Å². The number of ether oxygens (including phenoxy) is 2. The molecule has 0 spiro atoms. The third-order valence-electron chi connectivity index (χ3n) is 5.43. The van der Waals surface area contributed by atoms with Gasteiger partial charge in [-0.3, -0.25) is 14.4 Å². The first-order valence-corrected chi connectivity index (χ1v) is 11.4. The van der Waals surface area contributed by atoms with E-state index >= 15 is 0 Å². The largest absolute Gasteiger partial charge is 0.489 e. The second kappa shape index (κ2) is 10.7. The number of hydrogen-bond donors (Lipinski definition) is 0. The molecule has 0 N–H and O–H groups in total. The maximum atomic E-state index is 12.5. The minimum atomic E-state index is -0.657. The van der Waals surface area contributed by atoms with Gasteiger partial charge in [-0.1, -0.05) is 53.5 Å². The Kier molecular flexibility index (Phi) is 7.50. The van der Waals surface area contributed by atoms with Gasteiger partial charge in [-0.15, -0.1) is 0 Å². The van der Waals surface area contributed by atoms with E-state index < -0.39 is 24.3 Å². The molecule has 1 aliphatic heterocycles.